The van der Waals surface area contributed by atoms with Crippen molar-refractivity contribution >= 4 is 52.9 Å². The third-order valence-electron chi connectivity index (χ3n) is 3.30. The van der Waals surface area contributed by atoms with Crippen LogP contribution in [-0.2, 0) is 6.54 Å². The molecule has 3 N–H and O–H groups in total. The molecule has 1 atom stereocenters. The van der Waals surface area contributed by atoms with E-state index in [1.165, 1.54) is 11.3 Å². The van der Waals surface area contributed by atoms with Crippen LogP contribution in [0.1, 0.15) is 37.3 Å². The molecule has 0 aliphatic heterocycles. The van der Waals surface area contributed by atoms with Crippen molar-refractivity contribution in [1.82, 2.24) is 15.6 Å². The first-order chi connectivity index (χ1) is 12.5. The van der Waals surface area contributed by atoms with Gasteiger partial charge in [0.05, 0.1) is 17.0 Å². The standard InChI is InChI=1S/C18H25ClN4O2S.HI/c1-4-20-18(23-11-14(24)15-6-7-16(19)26-15)22-10-13-5-8-17(21-9-13)25-12(2)3;/h5-9,12,14,24H,4,10-11H2,1-3H3,(H2,20,22,23);1H. The fraction of sp³-hybridized carbons (Fsp3) is 0.444. The van der Waals surface area contributed by atoms with E-state index < -0.39 is 6.10 Å². The third kappa shape index (κ3) is 8.63. The number of aliphatic hydroxyl groups is 1. The second-order valence-corrected chi connectivity index (χ2v) is 7.65. The van der Waals surface area contributed by atoms with E-state index in [2.05, 4.69) is 20.6 Å². The second-order valence-electron chi connectivity index (χ2n) is 5.91. The van der Waals surface area contributed by atoms with Gasteiger partial charge < -0.3 is 20.5 Å². The molecule has 9 heteroatoms. The number of rotatable bonds is 8. The van der Waals surface area contributed by atoms with Crippen molar-refractivity contribution in [3.63, 3.8) is 0 Å². The van der Waals surface area contributed by atoms with E-state index in [0.717, 1.165) is 17.0 Å². The number of aliphatic imine (C=N–C) groups is 1. The normalized spacial score (nSPS) is 12.4. The summed E-state index contributed by atoms with van der Waals surface area (Å²) < 4.78 is 6.20. The summed E-state index contributed by atoms with van der Waals surface area (Å²) in [6.07, 6.45) is 1.22. The predicted octanol–water partition coefficient (Wildman–Crippen LogP) is 3.99. The number of aromatic nitrogens is 1. The van der Waals surface area contributed by atoms with Gasteiger partial charge in [-0.3, -0.25) is 0 Å². The van der Waals surface area contributed by atoms with Gasteiger partial charge in [0, 0.05) is 30.2 Å². The topological polar surface area (TPSA) is 78.8 Å². The number of hydrogen-bond donors (Lipinski definition) is 3. The second kappa shape index (κ2) is 12.4. The molecule has 0 aromatic carbocycles. The number of thiophene rings is 1. The summed E-state index contributed by atoms with van der Waals surface area (Å²) >= 11 is 7.28. The average molecular weight is 525 g/mol. The van der Waals surface area contributed by atoms with Gasteiger partial charge in [0.15, 0.2) is 5.96 Å². The molecule has 0 aliphatic rings. The maximum atomic E-state index is 10.2. The minimum absolute atomic E-state index is 0. The molecule has 150 valence electrons. The largest absolute Gasteiger partial charge is 0.475 e. The molecule has 2 aromatic heterocycles. The van der Waals surface area contributed by atoms with E-state index in [0.29, 0.717) is 29.3 Å². The summed E-state index contributed by atoms with van der Waals surface area (Å²) in [5, 5.41) is 16.5. The fourth-order valence-corrected chi connectivity index (χ4v) is 3.18. The van der Waals surface area contributed by atoms with Gasteiger partial charge in [0.25, 0.3) is 0 Å². The Morgan fingerprint density at radius 3 is 2.63 bits per heavy atom. The van der Waals surface area contributed by atoms with Crippen LogP contribution in [0.5, 0.6) is 5.88 Å². The molecular weight excluding hydrogens is 499 g/mol. The molecule has 0 saturated heterocycles. The van der Waals surface area contributed by atoms with E-state index in [1.54, 1.807) is 12.3 Å². The summed E-state index contributed by atoms with van der Waals surface area (Å²) in [7, 11) is 0. The number of ether oxygens (including phenoxy) is 1. The SMILES string of the molecule is CCNC(=NCc1ccc(OC(C)C)nc1)NCC(O)c1ccc(Cl)s1.I. The van der Waals surface area contributed by atoms with Gasteiger partial charge in [0.2, 0.25) is 5.88 Å². The summed E-state index contributed by atoms with van der Waals surface area (Å²) in [5.74, 6) is 1.24. The van der Waals surface area contributed by atoms with Crippen LogP contribution in [0.2, 0.25) is 4.34 Å². The highest BCUT2D eigenvalue weighted by molar-refractivity contribution is 14.0. The number of nitrogens with zero attached hydrogens (tertiary/aromatic N) is 2. The predicted molar refractivity (Wildman–Crippen MR) is 123 cm³/mol. The molecule has 0 saturated carbocycles. The Kier molecular flexibility index (Phi) is 11.0. The number of halogens is 2. The van der Waals surface area contributed by atoms with Crippen molar-refractivity contribution in [2.45, 2.75) is 39.5 Å². The van der Waals surface area contributed by atoms with Crippen LogP contribution in [0.25, 0.3) is 0 Å². The number of guanidine groups is 1. The molecule has 1 unspecified atom stereocenters. The first kappa shape index (κ1) is 23.9. The van der Waals surface area contributed by atoms with Crippen molar-refractivity contribution in [3.8, 4) is 5.88 Å². The Balaban J connectivity index is 0.00000364. The monoisotopic (exact) mass is 524 g/mol. The molecular formula is C18H26ClIN4O2S. The van der Waals surface area contributed by atoms with Crippen LogP contribution >= 0.6 is 46.9 Å². The smallest absolute Gasteiger partial charge is 0.213 e. The van der Waals surface area contributed by atoms with Crippen molar-refractivity contribution in [1.29, 1.82) is 0 Å². The molecule has 0 bridgehead atoms. The van der Waals surface area contributed by atoms with Crippen LogP contribution in [0.4, 0.5) is 0 Å². The maximum Gasteiger partial charge on any atom is 0.213 e. The molecule has 27 heavy (non-hydrogen) atoms. The first-order valence-corrected chi connectivity index (χ1v) is 9.74. The van der Waals surface area contributed by atoms with Gasteiger partial charge in [-0.25, -0.2) is 9.98 Å². The molecule has 2 aromatic rings. The molecule has 6 nitrogen and oxygen atoms in total. The van der Waals surface area contributed by atoms with E-state index >= 15 is 0 Å². The zero-order chi connectivity index (χ0) is 18.9. The Hall–Kier alpha value is -1.10. The van der Waals surface area contributed by atoms with Crippen LogP contribution in [0.3, 0.4) is 0 Å². The Morgan fingerprint density at radius 2 is 2.07 bits per heavy atom. The van der Waals surface area contributed by atoms with E-state index in [-0.39, 0.29) is 30.1 Å². The minimum atomic E-state index is -0.634. The number of hydrogen-bond acceptors (Lipinski definition) is 5. The van der Waals surface area contributed by atoms with Crippen molar-refractivity contribution in [2.24, 2.45) is 4.99 Å². The lowest BCUT2D eigenvalue weighted by Gasteiger charge is -2.14. The third-order valence-corrected chi connectivity index (χ3v) is 4.64. The lowest BCUT2D eigenvalue weighted by molar-refractivity contribution is 0.184. The Morgan fingerprint density at radius 1 is 1.30 bits per heavy atom. The van der Waals surface area contributed by atoms with E-state index in [4.69, 9.17) is 16.3 Å². The fourth-order valence-electron chi connectivity index (χ4n) is 2.13. The van der Waals surface area contributed by atoms with Gasteiger partial charge in [0.1, 0.15) is 6.10 Å². The maximum absolute atomic E-state index is 10.2. The van der Waals surface area contributed by atoms with E-state index in [1.807, 2.05) is 39.0 Å². The lowest BCUT2D eigenvalue weighted by Crippen LogP contribution is -2.39. The molecule has 2 heterocycles. The number of aliphatic hydroxyl groups excluding tert-OH is 1. The highest BCUT2D eigenvalue weighted by Crippen LogP contribution is 2.26. The summed E-state index contributed by atoms with van der Waals surface area (Å²) in [6.45, 7) is 7.48. The zero-order valence-electron chi connectivity index (χ0n) is 15.6. The van der Waals surface area contributed by atoms with Crippen LogP contribution in [0.15, 0.2) is 35.5 Å². The molecule has 0 spiro atoms. The van der Waals surface area contributed by atoms with Gasteiger partial charge in [-0.05, 0) is 38.5 Å². The van der Waals surface area contributed by atoms with Crippen molar-refractivity contribution in [3.05, 3.63) is 45.2 Å². The Bertz CT molecular complexity index is 710. The summed E-state index contributed by atoms with van der Waals surface area (Å²) in [5.41, 5.74) is 0.976. The highest BCUT2D eigenvalue weighted by atomic mass is 127. The molecule has 0 radical (unpaired) electrons. The minimum Gasteiger partial charge on any atom is -0.475 e. The van der Waals surface area contributed by atoms with Gasteiger partial charge in [-0.1, -0.05) is 17.7 Å². The van der Waals surface area contributed by atoms with Crippen molar-refractivity contribution in [2.75, 3.05) is 13.1 Å². The van der Waals surface area contributed by atoms with Crippen LogP contribution in [0, 0.1) is 0 Å². The summed E-state index contributed by atoms with van der Waals surface area (Å²) in [6, 6.07) is 7.40. The Labute approximate surface area is 186 Å². The molecule has 0 amide bonds. The molecule has 0 fully saturated rings. The number of pyridine rings is 1. The molecule has 2 rings (SSSR count). The van der Waals surface area contributed by atoms with Gasteiger partial charge in [-0.15, -0.1) is 35.3 Å². The quantitative estimate of drug-likeness (QED) is 0.276. The number of nitrogens with one attached hydrogen (secondary N) is 2. The van der Waals surface area contributed by atoms with Crippen LogP contribution < -0.4 is 15.4 Å². The average Bonchev–Trinajstić information content (AvgIpc) is 3.04. The first-order valence-electron chi connectivity index (χ1n) is 8.55. The van der Waals surface area contributed by atoms with Crippen molar-refractivity contribution < 1.29 is 9.84 Å². The highest BCUT2D eigenvalue weighted by Gasteiger charge is 2.11. The van der Waals surface area contributed by atoms with E-state index in [9.17, 15) is 5.11 Å². The summed E-state index contributed by atoms with van der Waals surface area (Å²) in [4.78, 5) is 9.62. The molecule has 0 aliphatic carbocycles. The van der Waals surface area contributed by atoms with Gasteiger partial charge in [-0.2, -0.15) is 0 Å². The van der Waals surface area contributed by atoms with Crippen LogP contribution in [-0.4, -0.2) is 35.2 Å². The lowest BCUT2D eigenvalue weighted by atomic mass is 10.3. The van der Waals surface area contributed by atoms with Gasteiger partial charge >= 0.3 is 0 Å². The zero-order valence-corrected chi connectivity index (χ0v) is 19.5.